The number of aldehydes is 1. The molecule has 9 heteroatoms. The van der Waals surface area contributed by atoms with E-state index in [-0.39, 0.29) is 23.9 Å². The Morgan fingerprint density at radius 1 is 1.11 bits per heavy atom. The minimum absolute atomic E-state index is 0.0618. The first-order valence-electron chi connectivity index (χ1n) is 16.0. The summed E-state index contributed by atoms with van der Waals surface area (Å²) in [5, 5.41) is 2.76. The number of carbonyl (C=O) groups excluding carboxylic acids is 2. The number of aryl methyl sites for hydroxylation is 1. The van der Waals surface area contributed by atoms with Crippen molar-refractivity contribution in [2.45, 2.75) is 110 Å². The summed E-state index contributed by atoms with van der Waals surface area (Å²) in [5.41, 5.74) is 6.80. The van der Waals surface area contributed by atoms with E-state index < -0.39 is 17.5 Å². The SMILES string of the molecule is CC(C)c1nc2c(c(-c3ccc(F)cc3)c1/C=C/[C@@H]1C[C@H](CC=O)OC(C)(C)O1)CCCc1nc(NC(=O)OC(C)(C)C)ccc1-2. The van der Waals surface area contributed by atoms with E-state index >= 15 is 0 Å². The zero-order valence-corrected chi connectivity index (χ0v) is 27.8. The Morgan fingerprint density at radius 3 is 2.52 bits per heavy atom. The number of hydrogen-bond donors (Lipinski definition) is 1. The third-order valence-electron chi connectivity index (χ3n) is 7.96. The molecule has 2 atom stereocenters. The number of anilines is 1. The van der Waals surface area contributed by atoms with E-state index in [4.69, 9.17) is 24.2 Å². The summed E-state index contributed by atoms with van der Waals surface area (Å²) in [6.45, 7) is 13.4. The Kier molecular flexibility index (Phi) is 9.75. The molecular weight excluding hydrogens is 585 g/mol. The molecule has 8 nitrogen and oxygen atoms in total. The van der Waals surface area contributed by atoms with Crippen LogP contribution < -0.4 is 5.32 Å². The number of halogens is 1. The van der Waals surface area contributed by atoms with Crippen molar-refractivity contribution in [3.8, 4) is 22.4 Å². The molecule has 0 unspecified atom stereocenters. The fraction of sp³-hybridized carbons (Fsp3) is 0.459. The lowest BCUT2D eigenvalue weighted by Crippen LogP contribution is -2.44. The molecule has 1 aliphatic heterocycles. The number of hydrogen-bond acceptors (Lipinski definition) is 7. The zero-order chi connectivity index (χ0) is 33.2. The average Bonchev–Trinajstić information content (AvgIpc) is 3.13. The molecule has 0 radical (unpaired) electrons. The van der Waals surface area contributed by atoms with Crippen LogP contribution >= 0.6 is 0 Å². The highest BCUT2D eigenvalue weighted by Crippen LogP contribution is 2.42. The summed E-state index contributed by atoms with van der Waals surface area (Å²) in [6, 6.07) is 10.3. The van der Waals surface area contributed by atoms with Crippen LogP contribution in [0.2, 0.25) is 0 Å². The maximum atomic E-state index is 14.2. The van der Waals surface area contributed by atoms with Crippen molar-refractivity contribution in [2.24, 2.45) is 0 Å². The second kappa shape index (κ2) is 13.4. The minimum atomic E-state index is -0.832. The third-order valence-corrected chi connectivity index (χ3v) is 7.96. The first-order valence-corrected chi connectivity index (χ1v) is 16.0. The maximum absolute atomic E-state index is 14.2. The molecule has 0 spiro atoms. The van der Waals surface area contributed by atoms with E-state index in [9.17, 15) is 14.0 Å². The van der Waals surface area contributed by atoms with Crippen molar-refractivity contribution >= 4 is 24.3 Å². The molecule has 1 saturated heterocycles. The fourth-order valence-electron chi connectivity index (χ4n) is 6.22. The van der Waals surface area contributed by atoms with E-state index in [1.807, 2.05) is 58.9 Å². The first kappa shape index (κ1) is 33.4. The summed E-state index contributed by atoms with van der Waals surface area (Å²) in [4.78, 5) is 33.9. The molecule has 3 heterocycles. The fourth-order valence-corrected chi connectivity index (χ4v) is 6.22. The van der Waals surface area contributed by atoms with Crippen molar-refractivity contribution < 1.29 is 28.2 Å². The maximum Gasteiger partial charge on any atom is 0.413 e. The van der Waals surface area contributed by atoms with Crippen molar-refractivity contribution in [3.63, 3.8) is 0 Å². The molecule has 1 N–H and O–H groups in total. The molecular formula is C37H44FN3O5. The van der Waals surface area contributed by atoms with Crippen LogP contribution in [0.5, 0.6) is 0 Å². The Bertz CT molecular complexity index is 1630. The number of rotatable bonds is 7. The molecule has 3 aromatic rings. The van der Waals surface area contributed by atoms with Crippen LogP contribution in [0.15, 0.2) is 42.5 Å². The summed E-state index contributed by atoms with van der Waals surface area (Å²) in [6.07, 6.45) is 7.04. The number of pyridine rings is 2. The van der Waals surface area contributed by atoms with E-state index in [0.29, 0.717) is 25.1 Å². The number of nitrogens with one attached hydrogen (secondary N) is 1. The number of ether oxygens (including phenoxy) is 3. The molecule has 2 aliphatic rings. The number of carbonyl (C=O) groups is 2. The molecule has 0 bridgehead atoms. The highest BCUT2D eigenvalue weighted by molar-refractivity contribution is 5.87. The van der Waals surface area contributed by atoms with Gasteiger partial charge in [-0.1, -0.05) is 38.1 Å². The van der Waals surface area contributed by atoms with Gasteiger partial charge in [-0.2, -0.15) is 0 Å². The van der Waals surface area contributed by atoms with E-state index in [1.54, 1.807) is 6.07 Å². The van der Waals surface area contributed by atoms with Gasteiger partial charge in [-0.05, 0) is 101 Å². The summed E-state index contributed by atoms with van der Waals surface area (Å²) < 4.78 is 31.8. The standard InChI is InChI=1S/C37H44FN3O5/c1-22(2)33-29(16-15-25-21-26(19-20-42)45-37(6,7)44-25)32(23-11-13-24(38)14-12-23)28-9-8-10-30-27(34(28)41-33)17-18-31(39-30)40-35(43)46-36(3,4)5/h11-18,20,22,25-26H,8-10,19,21H2,1-7H3,(H,39,40,43)/b16-15+/t25-,26+/m1/s1. The van der Waals surface area contributed by atoms with Gasteiger partial charge in [0.25, 0.3) is 0 Å². The van der Waals surface area contributed by atoms with Crippen LogP contribution in [-0.2, 0) is 31.8 Å². The third kappa shape index (κ3) is 7.88. The molecule has 0 saturated carbocycles. The number of aromatic nitrogens is 2. The number of nitrogens with zero attached hydrogens (tertiary/aromatic N) is 2. The van der Waals surface area contributed by atoms with Crippen LogP contribution in [0.3, 0.4) is 0 Å². The van der Waals surface area contributed by atoms with Crippen molar-refractivity contribution in [2.75, 3.05) is 5.32 Å². The van der Waals surface area contributed by atoms with E-state index in [1.165, 1.54) is 12.1 Å². The second-order valence-corrected chi connectivity index (χ2v) is 13.7. The average molecular weight is 630 g/mol. The topological polar surface area (TPSA) is 99.6 Å². The number of benzene rings is 1. The Morgan fingerprint density at radius 2 is 1.85 bits per heavy atom. The van der Waals surface area contributed by atoms with Crippen LogP contribution in [-0.4, -0.2) is 45.9 Å². The predicted molar refractivity (Wildman–Crippen MR) is 177 cm³/mol. The van der Waals surface area contributed by atoms with Gasteiger partial charge >= 0.3 is 6.09 Å². The summed E-state index contributed by atoms with van der Waals surface area (Å²) >= 11 is 0. The van der Waals surface area contributed by atoms with Gasteiger partial charge in [0.15, 0.2) is 5.79 Å². The molecule has 5 rings (SSSR count). The lowest BCUT2D eigenvalue weighted by molar-refractivity contribution is -0.289. The van der Waals surface area contributed by atoms with Gasteiger partial charge in [0.2, 0.25) is 0 Å². The highest BCUT2D eigenvalue weighted by Gasteiger charge is 2.34. The monoisotopic (exact) mass is 629 g/mol. The van der Waals surface area contributed by atoms with Gasteiger partial charge in [0, 0.05) is 24.0 Å². The van der Waals surface area contributed by atoms with Gasteiger partial charge in [-0.25, -0.2) is 14.2 Å². The Labute approximate surface area is 270 Å². The number of amides is 1. The van der Waals surface area contributed by atoms with Crippen molar-refractivity contribution in [1.82, 2.24) is 9.97 Å². The smallest absolute Gasteiger partial charge is 0.413 e. The van der Waals surface area contributed by atoms with E-state index in [2.05, 4.69) is 25.2 Å². The van der Waals surface area contributed by atoms with Gasteiger partial charge in [-0.3, -0.25) is 10.3 Å². The zero-order valence-electron chi connectivity index (χ0n) is 27.8. The van der Waals surface area contributed by atoms with Gasteiger partial charge in [0.05, 0.1) is 29.3 Å². The molecule has 244 valence electrons. The van der Waals surface area contributed by atoms with Gasteiger partial charge in [0.1, 0.15) is 23.5 Å². The largest absolute Gasteiger partial charge is 0.444 e. The lowest BCUT2D eigenvalue weighted by atomic mass is 9.86. The molecule has 46 heavy (non-hydrogen) atoms. The van der Waals surface area contributed by atoms with Crippen molar-refractivity contribution in [1.29, 1.82) is 0 Å². The molecule has 1 amide bonds. The van der Waals surface area contributed by atoms with Gasteiger partial charge in [-0.15, -0.1) is 0 Å². The molecule has 1 fully saturated rings. The summed E-state index contributed by atoms with van der Waals surface area (Å²) in [5.74, 6) is -0.650. The molecule has 1 aliphatic carbocycles. The normalized spacial score (nSPS) is 19.3. The van der Waals surface area contributed by atoms with Crippen LogP contribution in [0.4, 0.5) is 15.0 Å². The Balaban J connectivity index is 1.63. The molecule has 2 aromatic heterocycles. The summed E-state index contributed by atoms with van der Waals surface area (Å²) in [7, 11) is 0. The van der Waals surface area contributed by atoms with Crippen LogP contribution in [0.25, 0.3) is 28.5 Å². The molecule has 1 aromatic carbocycles. The van der Waals surface area contributed by atoms with Gasteiger partial charge < -0.3 is 19.0 Å². The highest BCUT2D eigenvalue weighted by atomic mass is 19.1. The van der Waals surface area contributed by atoms with Crippen LogP contribution in [0.1, 0.15) is 96.2 Å². The Hall–Kier alpha value is -3.95. The quantitative estimate of drug-likeness (QED) is 0.262. The lowest BCUT2D eigenvalue weighted by Gasteiger charge is -2.39. The first-order chi connectivity index (χ1) is 21.7. The second-order valence-electron chi connectivity index (χ2n) is 13.7. The number of fused-ring (bicyclic) bond motifs is 3. The van der Waals surface area contributed by atoms with Crippen LogP contribution in [0, 0.1) is 5.82 Å². The predicted octanol–water partition coefficient (Wildman–Crippen LogP) is 8.42. The van der Waals surface area contributed by atoms with Crippen molar-refractivity contribution in [3.05, 3.63) is 70.8 Å². The minimum Gasteiger partial charge on any atom is -0.444 e. The van der Waals surface area contributed by atoms with E-state index in [0.717, 1.165) is 64.0 Å².